The van der Waals surface area contributed by atoms with Gasteiger partial charge in [0.25, 0.3) is 0 Å². The lowest BCUT2D eigenvalue weighted by Crippen LogP contribution is -2.29. The Bertz CT molecular complexity index is 560. The van der Waals surface area contributed by atoms with Gasteiger partial charge in [0.2, 0.25) is 0 Å². The molecule has 0 saturated carbocycles. The minimum Gasteiger partial charge on any atom is -0.494 e. The number of benzene rings is 1. The third-order valence-electron chi connectivity index (χ3n) is 3.26. The van der Waals surface area contributed by atoms with Crippen molar-refractivity contribution < 1.29 is 9.13 Å². The van der Waals surface area contributed by atoms with Crippen LogP contribution < -0.4 is 16.0 Å². The van der Waals surface area contributed by atoms with E-state index in [1.165, 1.54) is 6.20 Å². The van der Waals surface area contributed by atoms with Gasteiger partial charge in [0.1, 0.15) is 11.6 Å². The molecule has 1 unspecified atom stereocenters. The van der Waals surface area contributed by atoms with Gasteiger partial charge in [0.05, 0.1) is 18.8 Å². The number of aromatic nitrogens is 1. The van der Waals surface area contributed by atoms with Crippen molar-refractivity contribution in [1.29, 1.82) is 0 Å². The topological polar surface area (TPSA) is 60.2 Å². The van der Waals surface area contributed by atoms with Crippen molar-refractivity contribution in [3.63, 3.8) is 0 Å². The van der Waals surface area contributed by atoms with Crippen LogP contribution in [0.2, 0.25) is 0 Å². The van der Waals surface area contributed by atoms with E-state index in [9.17, 15) is 4.39 Å². The number of pyridine rings is 1. The predicted molar refractivity (Wildman–Crippen MR) is 80.2 cm³/mol. The molecule has 0 amide bonds. The summed E-state index contributed by atoms with van der Waals surface area (Å²) in [6.07, 6.45) is 4.85. The smallest absolute Gasteiger partial charge is 0.146 e. The Morgan fingerprint density at radius 2 is 2.05 bits per heavy atom. The van der Waals surface area contributed by atoms with E-state index in [4.69, 9.17) is 10.6 Å². The summed E-state index contributed by atoms with van der Waals surface area (Å²) in [5.74, 6) is 5.99. The Hall–Kier alpha value is -1.98. The van der Waals surface area contributed by atoms with Crippen molar-refractivity contribution >= 4 is 0 Å². The van der Waals surface area contributed by atoms with Crippen molar-refractivity contribution in [2.24, 2.45) is 5.84 Å². The molecule has 1 heterocycles. The molecule has 0 spiro atoms. The number of hydrogen-bond acceptors (Lipinski definition) is 4. The number of ether oxygens (including phenoxy) is 1. The second-order valence-corrected chi connectivity index (χ2v) is 4.77. The van der Waals surface area contributed by atoms with Crippen LogP contribution in [-0.2, 0) is 0 Å². The molecule has 0 aliphatic carbocycles. The number of halogens is 1. The molecule has 21 heavy (non-hydrogen) atoms. The number of unbranched alkanes of at least 4 members (excludes halogenated alkanes) is 1. The average Bonchev–Trinajstić information content (AvgIpc) is 2.51. The first-order valence-electron chi connectivity index (χ1n) is 7.04. The Morgan fingerprint density at radius 1 is 1.29 bits per heavy atom. The first kappa shape index (κ1) is 15.4. The summed E-state index contributed by atoms with van der Waals surface area (Å²) in [5.41, 5.74) is 3.97. The molecule has 3 N–H and O–H groups in total. The molecule has 1 atom stereocenters. The molecule has 0 radical (unpaired) electrons. The molecular weight excluding hydrogens is 269 g/mol. The third kappa shape index (κ3) is 4.00. The van der Waals surface area contributed by atoms with Crippen LogP contribution in [-0.4, -0.2) is 11.6 Å². The SMILES string of the molecule is CCCCOc1ccc(C(NN)c2ccncc2F)cc1. The summed E-state index contributed by atoms with van der Waals surface area (Å²) < 4.78 is 19.4. The fraction of sp³-hybridized carbons (Fsp3) is 0.312. The number of rotatable bonds is 7. The minimum atomic E-state index is -0.419. The van der Waals surface area contributed by atoms with Crippen molar-refractivity contribution in [1.82, 2.24) is 10.4 Å². The summed E-state index contributed by atoms with van der Waals surface area (Å²) >= 11 is 0. The van der Waals surface area contributed by atoms with Crippen LogP contribution in [0, 0.1) is 5.82 Å². The van der Waals surface area contributed by atoms with E-state index in [2.05, 4.69) is 17.3 Å². The van der Waals surface area contributed by atoms with Gasteiger partial charge in [0, 0.05) is 11.8 Å². The molecule has 0 aliphatic heterocycles. The highest BCUT2D eigenvalue weighted by Crippen LogP contribution is 2.25. The first-order valence-corrected chi connectivity index (χ1v) is 7.04. The Labute approximate surface area is 124 Å². The van der Waals surface area contributed by atoms with Crippen LogP contribution in [0.5, 0.6) is 5.75 Å². The van der Waals surface area contributed by atoms with Gasteiger partial charge in [-0.2, -0.15) is 0 Å². The highest BCUT2D eigenvalue weighted by molar-refractivity contribution is 5.35. The highest BCUT2D eigenvalue weighted by atomic mass is 19.1. The van der Waals surface area contributed by atoms with Crippen LogP contribution in [0.4, 0.5) is 4.39 Å². The largest absolute Gasteiger partial charge is 0.494 e. The standard InChI is InChI=1S/C16H20FN3O/c1-2-3-10-21-13-6-4-12(5-7-13)16(20-18)14-8-9-19-11-15(14)17/h4-9,11,16,20H,2-3,10,18H2,1H3. The van der Waals surface area contributed by atoms with E-state index in [1.807, 2.05) is 24.3 Å². The van der Waals surface area contributed by atoms with Gasteiger partial charge in [0.15, 0.2) is 0 Å². The number of nitrogens with two attached hydrogens (primary N) is 1. The lowest BCUT2D eigenvalue weighted by Gasteiger charge is -2.17. The van der Waals surface area contributed by atoms with Crippen LogP contribution in [0.1, 0.15) is 36.9 Å². The molecule has 2 aromatic rings. The van der Waals surface area contributed by atoms with E-state index >= 15 is 0 Å². The van der Waals surface area contributed by atoms with E-state index < -0.39 is 6.04 Å². The van der Waals surface area contributed by atoms with Crippen molar-refractivity contribution in [2.75, 3.05) is 6.61 Å². The summed E-state index contributed by atoms with van der Waals surface area (Å²) in [6, 6.07) is 8.70. The third-order valence-corrected chi connectivity index (χ3v) is 3.26. The maximum absolute atomic E-state index is 13.8. The van der Waals surface area contributed by atoms with E-state index in [0.29, 0.717) is 12.2 Å². The van der Waals surface area contributed by atoms with Gasteiger partial charge >= 0.3 is 0 Å². The molecule has 112 valence electrons. The maximum atomic E-state index is 13.8. The zero-order valence-corrected chi connectivity index (χ0v) is 12.1. The lowest BCUT2D eigenvalue weighted by molar-refractivity contribution is 0.309. The van der Waals surface area contributed by atoms with Crippen LogP contribution in [0.3, 0.4) is 0 Å². The quantitative estimate of drug-likeness (QED) is 0.467. The van der Waals surface area contributed by atoms with Crippen LogP contribution >= 0.6 is 0 Å². The van der Waals surface area contributed by atoms with Crippen molar-refractivity contribution in [3.05, 3.63) is 59.7 Å². The summed E-state index contributed by atoms with van der Waals surface area (Å²) in [5, 5.41) is 0. The van der Waals surface area contributed by atoms with Gasteiger partial charge in [-0.05, 0) is 30.2 Å². The molecule has 5 heteroatoms. The van der Waals surface area contributed by atoms with Gasteiger partial charge in [-0.3, -0.25) is 10.8 Å². The number of hydrogen-bond donors (Lipinski definition) is 2. The molecule has 0 fully saturated rings. The van der Waals surface area contributed by atoms with Crippen LogP contribution in [0.25, 0.3) is 0 Å². The second-order valence-electron chi connectivity index (χ2n) is 4.77. The zero-order chi connectivity index (χ0) is 15.1. The molecule has 0 bridgehead atoms. The normalized spacial score (nSPS) is 12.1. The fourth-order valence-electron chi connectivity index (χ4n) is 2.08. The van der Waals surface area contributed by atoms with Crippen LogP contribution in [0.15, 0.2) is 42.7 Å². The van der Waals surface area contributed by atoms with Crippen molar-refractivity contribution in [2.45, 2.75) is 25.8 Å². The highest BCUT2D eigenvalue weighted by Gasteiger charge is 2.16. The number of nitrogens with one attached hydrogen (secondary N) is 1. The average molecular weight is 289 g/mol. The summed E-state index contributed by atoms with van der Waals surface area (Å²) in [7, 11) is 0. The molecule has 2 rings (SSSR count). The first-order chi connectivity index (χ1) is 10.3. The fourth-order valence-corrected chi connectivity index (χ4v) is 2.08. The number of hydrazine groups is 1. The molecule has 0 saturated heterocycles. The van der Waals surface area contributed by atoms with Gasteiger partial charge in [-0.15, -0.1) is 0 Å². The van der Waals surface area contributed by atoms with E-state index in [1.54, 1.807) is 12.3 Å². The molecule has 4 nitrogen and oxygen atoms in total. The lowest BCUT2D eigenvalue weighted by atomic mass is 10.00. The van der Waals surface area contributed by atoms with Gasteiger partial charge < -0.3 is 4.74 Å². The molecule has 0 aliphatic rings. The number of nitrogens with zero attached hydrogens (tertiary/aromatic N) is 1. The maximum Gasteiger partial charge on any atom is 0.146 e. The van der Waals surface area contributed by atoms with Crippen molar-refractivity contribution in [3.8, 4) is 5.75 Å². The zero-order valence-electron chi connectivity index (χ0n) is 12.1. The predicted octanol–water partition coefficient (Wildman–Crippen LogP) is 2.95. The molecule has 1 aromatic carbocycles. The minimum absolute atomic E-state index is 0.385. The van der Waals surface area contributed by atoms with Gasteiger partial charge in [-0.1, -0.05) is 25.5 Å². The summed E-state index contributed by atoms with van der Waals surface area (Å²) in [4.78, 5) is 3.75. The Morgan fingerprint density at radius 3 is 2.67 bits per heavy atom. The van der Waals surface area contributed by atoms with Gasteiger partial charge in [-0.25, -0.2) is 9.82 Å². The second kappa shape index (κ2) is 7.71. The monoisotopic (exact) mass is 289 g/mol. The Balaban J connectivity index is 2.14. The molecule has 1 aromatic heterocycles. The van der Waals surface area contributed by atoms with E-state index in [-0.39, 0.29) is 5.82 Å². The Kier molecular flexibility index (Phi) is 5.66. The molecular formula is C16H20FN3O. The van der Waals surface area contributed by atoms with E-state index in [0.717, 1.165) is 24.2 Å². The summed E-state index contributed by atoms with van der Waals surface area (Å²) in [6.45, 7) is 2.82.